The minimum Gasteiger partial charge on any atom is -0.375 e. The lowest BCUT2D eigenvalue weighted by Crippen LogP contribution is -2.35. The third-order valence-electron chi connectivity index (χ3n) is 1.80. The maximum Gasteiger partial charge on any atom is 0.280 e. The number of aromatic nitrogens is 3. The maximum atomic E-state index is 11.8. The van der Waals surface area contributed by atoms with E-state index in [-0.39, 0.29) is 10.7 Å². The fourth-order valence-electron chi connectivity index (χ4n) is 1.19. The Bertz CT molecular complexity index is 578. The highest BCUT2D eigenvalue weighted by molar-refractivity contribution is 7.80. The fraction of sp³-hybridized carbons (Fsp3) is 0. The van der Waals surface area contributed by atoms with Crippen molar-refractivity contribution in [1.29, 1.82) is 0 Å². The lowest BCUT2D eigenvalue weighted by atomic mass is 10.3. The number of nitrogens with zero attached hydrogens (tertiary/aromatic N) is 3. The molecule has 0 unspecified atom stereocenters. The van der Waals surface area contributed by atoms with Crippen LogP contribution in [0.25, 0.3) is 10.9 Å². The summed E-state index contributed by atoms with van der Waals surface area (Å²) >= 11 is 4.64. The SMILES string of the molecule is NC(=S)Nn1ccc2ncncc2c1=O. The molecule has 0 saturated heterocycles. The zero-order chi connectivity index (χ0) is 10.8. The van der Waals surface area contributed by atoms with E-state index in [0.717, 1.165) is 0 Å². The van der Waals surface area contributed by atoms with Crippen LogP contribution in [0.1, 0.15) is 0 Å². The van der Waals surface area contributed by atoms with E-state index in [0.29, 0.717) is 10.9 Å². The summed E-state index contributed by atoms with van der Waals surface area (Å²) < 4.78 is 1.19. The average Bonchev–Trinajstić information content (AvgIpc) is 2.22. The quantitative estimate of drug-likeness (QED) is 0.636. The van der Waals surface area contributed by atoms with Crippen LogP contribution in [0.4, 0.5) is 0 Å². The van der Waals surface area contributed by atoms with Crippen LogP contribution in [-0.2, 0) is 0 Å². The van der Waals surface area contributed by atoms with Gasteiger partial charge in [0.15, 0.2) is 5.11 Å². The van der Waals surface area contributed by atoms with Crippen LogP contribution in [0.15, 0.2) is 29.6 Å². The van der Waals surface area contributed by atoms with Gasteiger partial charge in [0.05, 0.1) is 10.9 Å². The van der Waals surface area contributed by atoms with Crippen molar-refractivity contribution in [2.75, 3.05) is 5.43 Å². The maximum absolute atomic E-state index is 11.8. The fourth-order valence-corrected chi connectivity index (χ4v) is 1.28. The van der Waals surface area contributed by atoms with E-state index < -0.39 is 0 Å². The number of fused-ring (bicyclic) bond motifs is 1. The number of thiocarbonyl (C=S) groups is 1. The van der Waals surface area contributed by atoms with Gasteiger partial charge in [0.25, 0.3) is 5.56 Å². The molecule has 0 amide bonds. The van der Waals surface area contributed by atoms with Crippen molar-refractivity contribution >= 4 is 28.2 Å². The van der Waals surface area contributed by atoms with Crippen molar-refractivity contribution in [3.63, 3.8) is 0 Å². The Labute approximate surface area is 89.7 Å². The first-order chi connectivity index (χ1) is 7.18. The van der Waals surface area contributed by atoms with Gasteiger partial charge in [-0.1, -0.05) is 0 Å². The van der Waals surface area contributed by atoms with Crippen molar-refractivity contribution in [3.8, 4) is 0 Å². The van der Waals surface area contributed by atoms with Crippen molar-refractivity contribution in [3.05, 3.63) is 35.1 Å². The third kappa shape index (κ3) is 1.77. The predicted molar refractivity (Wildman–Crippen MR) is 59.9 cm³/mol. The van der Waals surface area contributed by atoms with Crippen LogP contribution in [0.2, 0.25) is 0 Å². The molecule has 2 aromatic rings. The van der Waals surface area contributed by atoms with Crippen LogP contribution in [0.3, 0.4) is 0 Å². The summed E-state index contributed by atoms with van der Waals surface area (Å²) in [6.07, 6.45) is 4.34. The van der Waals surface area contributed by atoms with E-state index in [1.54, 1.807) is 6.07 Å². The van der Waals surface area contributed by atoms with Gasteiger partial charge in [0.2, 0.25) is 0 Å². The highest BCUT2D eigenvalue weighted by atomic mass is 32.1. The van der Waals surface area contributed by atoms with Crippen LogP contribution in [0, 0.1) is 0 Å². The normalized spacial score (nSPS) is 10.1. The lowest BCUT2D eigenvalue weighted by molar-refractivity contribution is 0.926. The van der Waals surface area contributed by atoms with Gasteiger partial charge in [-0.2, -0.15) is 0 Å². The number of rotatable bonds is 1. The molecule has 15 heavy (non-hydrogen) atoms. The summed E-state index contributed by atoms with van der Waals surface area (Å²) in [6.45, 7) is 0. The second kappa shape index (κ2) is 3.62. The molecule has 0 saturated carbocycles. The summed E-state index contributed by atoms with van der Waals surface area (Å²) in [5.41, 5.74) is 8.08. The van der Waals surface area contributed by atoms with Crippen molar-refractivity contribution in [2.24, 2.45) is 5.73 Å². The molecule has 0 aromatic carbocycles. The van der Waals surface area contributed by atoms with E-state index >= 15 is 0 Å². The first kappa shape index (κ1) is 9.53. The Morgan fingerprint density at radius 2 is 2.40 bits per heavy atom. The van der Waals surface area contributed by atoms with E-state index in [2.05, 4.69) is 27.6 Å². The molecule has 6 nitrogen and oxygen atoms in total. The Morgan fingerprint density at radius 3 is 3.13 bits per heavy atom. The van der Waals surface area contributed by atoms with Crippen LogP contribution in [-0.4, -0.2) is 19.8 Å². The zero-order valence-electron chi connectivity index (χ0n) is 7.54. The largest absolute Gasteiger partial charge is 0.375 e. The summed E-state index contributed by atoms with van der Waals surface area (Å²) in [4.78, 5) is 19.5. The zero-order valence-corrected chi connectivity index (χ0v) is 8.36. The van der Waals surface area contributed by atoms with E-state index in [4.69, 9.17) is 5.73 Å². The number of hydrogen-bond acceptors (Lipinski definition) is 4. The van der Waals surface area contributed by atoms with Crippen LogP contribution in [0.5, 0.6) is 0 Å². The summed E-state index contributed by atoms with van der Waals surface area (Å²) in [6, 6.07) is 1.67. The van der Waals surface area contributed by atoms with E-state index in [1.165, 1.54) is 23.4 Å². The average molecular weight is 221 g/mol. The molecule has 0 spiro atoms. The topological polar surface area (TPSA) is 85.8 Å². The molecule has 0 radical (unpaired) electrons. The van der Waals surface area contributed by atoms with Gasteiger partial charge in [0.1, 0.15) is 6.33 Å². The standard InChI is InChI=1S/C8H7N5OS/c9-8(15)12-13-2-1-6-5(7(13)14)3-10-4-11-6/h1-4H,(H3,9,12,15). The van der Waals surface area contributed by atoms with Gasteiger partial charge >= 0.3 is 0 Å². The van der Waals surface area contributed by atoms with Gasteiger partial charge in [-0.15, -0.1) is 0 Å². The first-order valence-electron chi connectivity index (χ1n) is 4.06. The molecule has 76 valence electrons. The van der Waals surface area contributed by atoms with Gasteiger partial charge < -0.3 is 5.73 Å². The second-order valence-corrected chi connectivity index (χ2v) is 3.23. The molecule has 0 aliphatic rings. The molecule has 7 heteroatoms. The highest BCUT2D eigenvalue weighted by Gasteiger charge is 2.02. The Kier molecular flexibility index (Phi) is 2.30. The second-order valence-electron chi connectivity index (χ2n) is 2.79. The smallest absolute Gasteiger partial charge is 0.280 e. The van der Waals surface area contributed by atoms with Crippen LogP contribution >= 0.6 is 12.2 Å². The molecule has 0 fully saturated rings. The predicted octanol–water partition coefficient (Wildman–Crippen LogP) is -0.421. The Morgan fingerprint density at radius 1 is 1.60 bits per heavy atom. The lowest BCUT2D eigenvalue weighted by Gasteiger charge is -2.06. The molecular formula is C8H7N5OS. The molecule has 2 rings (SSSR count). The number of hydrogen-bond donors (Lipinski definition) is 2. The molecule has 2 aromatic heterocycles. The van der Waals surface area contributed by atoms with Crippen LogP contribution < -0.4 is 16.7 Å². The van der Waals surface area contributed by atoms with Crippen molar-refractivity contribution in [1.82, 2.24) is 14.6 Å². The summed E-state index contributed by atoms with van der Waals surface area (Å²) in [5, 5.41) is 0.428. The van der Waals surface area contributed by atoms with Crippen molar-refractivity contribution < 1.29 is 0 Å². The van der Waals surface area contributed by atoms with Gasteiger partial charge in [0, 0.05) is 12.4 Å². The number of nitrogens with one attached hydrogen (secondary N) is 1. The molecular weight excluding hydrogens is 214 g/mol. The van der Waals surface area contributed by atoms with Gasteiger partial charge in [-0.25, -0.2) is 14.6 Å². The molecule has 0 atom stereocenters. The molecule has 0 aliphatic carbocycles. The Balaban J connectivity index is 2.65. The van der Waals surface area contributed by atoms with Gasteiger partial charge in [-0.05, 0) is 18.3 Å². The minimum absolute atomic E-state index is 0.0216. The first-order valence-corrected chi connectivity index (χ1v) is 4.47. The van der Waals surface area contributed by atoms with Crippen molar-refractivity contribution in [2.45, 2.75) is 0 Å². The molecule has 0 aliphatic heterocycles. The number of nitrogens with two attached hydrogens (primary N) is 1. The molecule has 3 N–H and O–H groups in total. The number of pyridine rings is 1. The van der Waals surface area contributed by atoms with Gasteiger partial charge in [-0.3, -0.25) is 10.2 Å². The summed E-state index contributed by atoms with van der Waals surface area (Å²) in [5.74, 6) is 0. The van der Waals surface area contributed by atoms with E-state index in [1.807, 2.05) is 0 Å². The van der Waals surface area contributed by atoms with E-state index in [9.17, 15) is 4.79 Å². The molecule has 2 heterocycles. The molecule has 0 bridgehead atoms. The Hall–Kier alpha value is -2.02. The third-order valence-corrected chi connectivity index (χ3v) is 1.90. The minimum atomic E-state index is -0.291. The summed E-state index contributed by atoms with van der Waals surface area (Å²) in [7, 11) is 0. The highest BCUT2D eigenvalue weighted by Crippen LogP contribution is 2.01. The monoisotopic (exact) mass is 221 g/mol.